The van der Waals surface area contributed by atoms with Gasteiger partial charge in [0.25, 0.3) is 0 Å². The summed E-state index contributed by atoms with van der Waals surface area (Å²) in [6, 6.07) is 0. The summed E-state index contributed by atoms with van der Waals surface area (Å²) >= 11 is 0. The lowest BCUT2D eigenvalue weighted by molar-refractivity contribution is -0.107. The van der Waals surface area contributed by atoms with E-state index in [9.17, 15) is 4.79 Å². The van der Waals surface area contributed by atoms with Gasteiger partial charge in [-0.25, -0.2) is 0 Å². The molecule has 0 aromatic rings. The monoisotopic (exact) mass is 124 g/mol. The highest BCUT2D eigenvalue weighted by molar-refractivity contribution is 5.51. The molecule has 0 unspecified atom stereocenters. The number of aldehydes is 1. The van der Waals surface area contributed by atoms with Gasteiger partial charge in [0, 0.05) is 6.42 Å². The van der Waals surface area contributed by atoms with Crippen molar-refractivity contribution in [3.8, 4) is 0 Å². The highest BCUT2D eigenvalue weighted by Gasteiger charge is 1.73. The zero-order valence-electron chi connectivity index (χ0n) is 5.55. The Morgan fingerprint density at radius 3 is 2.56 bits per heavy atom. The van der Waals surface area contributed by atoms with Crippen LogP contribution in [-0.2, 0) is 4.79 Å². The van der Waals surface area contributed by atoms with Gasteiger partial charge in [0.1, 0.15) is 6.29 Å². The molecule has 0 amide bonds. The van der Waals surface area contributed by atoms with Crippen LogP contribution in [0.4, 0.5) is 0 Å². The lowest BCUT2D eigenvalue weighted by Crippen LogP contribution is -1.66. The molecule has 0 rings (SSSR count). The van der Waals surface area contributed by atoms with Crippen molar-refractivity contribution < 1.29 is 4.79 Å². The number of carbonyl (C=O) groups excluding carboxylic acids is 1. The Labute approximate surface area is 56.1 Å². The molecule has 0 atom stereocenters. The predicted octanol–water partition coefficient (Wildman–Crippen LogP) is 2.10. The number of rotatable bonds is 5. The molecule has 0 N–H and O–H groups in total. The molecule has 0 aromatic heterocycles. The Bertz CT molecular complexity index is 103. The van der Waals surface area contributed by atoms with Gasteiger partial charge in [-0.05, 0) is 12.8 Å². The van der Waals surface area contributed by atoms with E-state index in [1.165, 1.54) is 0 Å². The molecule has 0 saturated heterocycles. The van der Waals surface area contributed by atoms with Crippen LogP contribution in [0.5, 0.6) is 0 Å². The number of hydrogen-bond donors (Lipinski definition) is 0. The Kier molecular flexibility index (Phi) is 6.47. The second-order valence-corrected chi connectivity index (χ2v) is 1.74. The molecule has 9 heavy (non-hydrogen) atoms. The zero-order valence-corrected chi connectivity index (χ0v) is 5.55. The minimum atomic E-state index is 0.539. The molecule has 0 aromatic carbocycles. The summed E-state index contributed by atoms with van der Waals surface area (Å²) in [7, 11) is 0. The Morgan fingerprint density at radius 1 is 1.22 bits per heavy atom. The maximum absolute atomic E-state index is 9.77. The lowest BCUT2D eigenvalue weighted by Gasteiger charge is -1.81. The molecule has 0 spiro atoms. The maximum Gasteiger partial charge on any atom is 0.123 e. The van der Waals surface area contributed by atoms with Gasteiger partial charge in [-0.2, -0.15) is 0 Å². The van der Waals surface area contributed by atoms with Crippen molar-refractivity contribution in [2.24, 2.45) is 0 Å². The average Bonchev–Trinajstić information content (AvgIpc) is 1.89. The van der Waals surface area contributed by atoms with Crippen LogP contribution < -0.4 is 0 Å². The van der Waals surface area contributed by atoms with Crippen molar-refractivity contribution >= 4 is 6.29 Å². The van der Waals surface area contributed by atoms with E-state index in [2.05, 4.69) is 6.58 Å². The standard InChI is InChI=1S/C8H12O/c1-2-3-4-5-6-7-8-9/h2,5-6,8H,1,3-4,7H2. The van der Waals surface area contributed by atoms with Gasteiger partial charge >= 0.3 is 0 Å². The molecule has 0 aliphatic rings. The highest BCUT2D eigenvalue weighted by Crippen LogP contribution is 1.91. The van der Waals surface area contributed by atoms with Crippen LogP contribution in [0, 0.1) is 0 Å². The highest BCUT2D eigenvalue weighted by atomic mass is 16.1. The van der Waals surface area contributed by atoms with Crippen molar-refractivity contribution in [1.82, 2.24) is 0 Å². The molecule has 1 nitrogen and oxygen atoms in total. The van der Waals surface area contributed by atoms with Crippen LogP contribution in [0.1, 0.15) is 19.3 Å². The second kappa shape index (κ2) is 7.15. The number of unbranched alkanes of at least 4 members (excludes halogenated alkanes) is 1. The average molecular weight is 124 g/mol. The lowest BCUT2D eigenvalue weighted by atomic mass is 10.3. The van der Waals surface area contributed by atoms with Crippen molar-refractivity contribution in [3.05, 3.63) is 24.8 Å². The summed E-state index contributed by atoms with van der Waals surface area (Å²) in [6.45, 7) is 3.58. The Hall–Kier alpha value is -0.850. The molecule has 1 heteroatoms. The molecule has 0 fully saturated rings. The normalized spacial score (nSPS) is 9.78. The van der Waals surface area contributed by atoms with Crippen molar-refractivity contribution in [2.45, 2.75) is 19.3 Å². The summed E-state index contributed by atoms with van der Waals surface area (Å²) in [5, 5.41) is 0. The van der Waals surface area contributed by atoms with Crippen LogP contribution in [0.25, 0.3) is 0 Å². The topological polar surface area (TPSA) is 17.1 Å². The molecular weight excluding hydrogens is 112 g/mol. The Morgan fingerprint density at radius 2 is 2.00 bits per heavy atom. The predicted molar refractivity (Wildman–Crippen MR) is 39.3 cm³/mol. The fourth-order valence-electron chi connectivity index (χ4n) is 0.484. The molecule has 0 heterocycles. The molecule has 0 aliphatic carbocycles. The van der Waals surface area contributed by atoms with Crippen molar-refractivity contribution in [2.75, 3.05) is 0 Å². The summed E-state index contributed by atoms with van der Waals surface area (Å²) < 4.78 is 0. The first kappa shape index (κ1) is 8.15. The largest absolute Gasteiger partial charge is 0.303 e. The minimum absolute atomic E-state index is 0.539. The van der Waals surface area contributed by atoms with Crippen LogP contribution in [0.15, 0.2) is 24.8 Å². The van der Waals surface area contributed by atoms with Crippen LogP contribution in [-0.4, -0.2) is 6.29 Å². The third-order valence-electron chi connectivity index (χ3n) is 0.936. The second-order valence-electron chi connectivity index (χ2n) is 1.74. The number of allylic oxidation sites excluding steroid dienone is 3. The third-order valence-corrected chi connectivity index (χ3v) is 0.936. The summed E-state index contributed by atoms with van der Waals surface area (Å²) in [5.41, 5.74) is 0. The van der Waals surface area contributed by atoms with Gasteiger partial charge in [-0.15, -0.1) is 6.58 Å². The van der Waals surface area contributed by atoms with Crippen LogP contribution >= 0.6 is 0 Å². The van der Waals surface area contributed by atoms with Gasteiger partial charge in [-0.3, -0.25) is 0 Å². The first-order valence-electron chi connectivity index (χ1n) is 3.11. The molecule has 0 aliphatic heterocycles. The first-order chi connectivity index (χ1) is 4.41. The third kappa shape index (κ3) is 7.15. The van der Waals surface area contributed by atoms with Gasteiger partial charge in [0.05, 0.1) is 0 Å². The number of carbonyl (C=O) groups is 1. The van der Waals surface area contributed by atoms with E-state index >= 15 is 0 Å². The van der Waals surface area contributed by atoms with Gasteiger partial charge in [-0.1, -0.05) is 18.2 Å². The van der Waals surface area contributed by atoms with Gasteiger partial charge < -0.3 is 4.79 Å². The van der Waals surface area contributed by atoms with E-state index in [0.29, 0.717) is 6.42 Å². The number of hydrogen-bond acceptors (Lipinski definition) is 1. The molecule has 0 bridgehead atoms. The minimum Gasteiger partial charge on any atom is -0.303 e. The fraction of sp³-hybridized carbons (Fsp3) is 0.375. The molecule has 50 valence electrons. The quantitative estimate of drug-likeness (QED) is 0.311. The SMILES string of the molecule is C=CCCC=CCC=O. The van der Waals surface area contributed by atoms with Crippen molar-refractivity contribution in [3.63, 3.8) is 0 Å². The molecular formula is C8H12O. The van der Waals surface area contributed by atoms with E-state index in [-0.39, 0.29) is 0 Å². The first-order valence-corrected chi connectivity index (χ1v) is 3.11. The fourth-order valence-corrected chi connectivity index (χ4v) is 0.484. The van der Waals surface area contributed by atoms with Gasteiger partial charge in [0.2, 0.25) is 0 Å². The van der Waals surface area contributed by atoms with E-state index in [1.54, 1.807) is 0 Å². The molecule has 0 saturated carbocycles. The van der Waals surface area contributed by atoms with E-state index < -0.39 is 0 Å². The smallest absolute Gasteiger partial charge is 0.123 e. The van der Waals surface area contributed by atoms with Crippen LogP contribution in [0.2, 0.25) is 0 Å². The summed E-state index contributed by atoms with van der Waals surface area (Å²) in [5.74, 6) is 0. The maximum atomic E-state index is 9.77. The molecule has 0 radical (unpaired) electrons. The van der Waals surface area contributed by atoms with E-state index in [4.69, 9.17) is 0 Å². The van der Waals surface area contributed by atoms with E-state index in [0.717, 1.165) is 19.1 Å². The summed E-state index contributed by atoms with van der Waals surface area (Å²) in [6.07, 6.45) is 9.16. The van der Waals surface area contributed by atoms with Crippen molar-refractivity contribution in [1.29, 1.82) is 0 Å². The Balaban J connectivity index is 3.03. The van der Waals surface area contributed by atoms with Crippen LogP contribution in [0.3, 0.4) is 0 Å². The zero-order chi connectivity index (χ0) is 6.95. The summed E-state index contributed by atoms with van der Waals surface area (Å²) in [4.78, 5) is 9.77. The van der Waals surface area contributed by atoms with Gasteiger partial charge in [0.15, 0.2) is 0 Å². The van der Waals surface area contributed by atoms with E-state index in [1.807, 2.05) is 18.2 Å².